The Kier molecular flexibility index (Phi) is 12.2. The molecule has 16 heteroatoms. The first kappa shape index (κ1) is 40.4. The van der Waals surface area contributed by atoms with E-state index < -0.39 is 77.1 Å². The van der Waals surface area contributed by atoms with E-state index in [9.17, 15) is 29.5 Å². The molecule has 5 atom stereocenters. The predicted molar refractivity (Wildman–Crippen MR) is 186 cm³/mol. The average molecular weight is 729 g/mol. The fourth-order valence-electron chi connectivity index (χ4n) is 6.22. The fourth-order valence-corrected chi connectivity index (χ4v) is 6.22. The largest absolute Gasteiger partial charge is 0.463 e. The van der Waals surface area contributed by atoms with E-state index >= 15 is 0 Å². The lowest BCUT2D eigenvalue weighted by Crippen LogP contribution is -2.53. The minimum atomic E-state index is -2.21. The van der Waals surface area contributed by atoms with Gasteiger partial charge in [-0.3, -0.25) is 9.59 Å². The van der Waals surface area contributed by atoms with Gasteiger partial charge in [-0.05, 0) is 70.9 Å². The molecule has 286 valence electrons. The first-order valence-electron chi connectivity index (χ1n) is 17.5. The van der Waals surface area contributed by atoms with Gasteiger partial charge in [0.2, 0.25) is 5.60 Å². The zero-order valence-electron chi connectivity index (χ0n) is 31.5. The molecule has 0 aromatic carbocycles. The maximum atomic E-state index is 13.9. The summed E-state index contributed by atoms with van der Waals surface area (Å²) in [6.07, 6.45) is 0.814. The number of hydrogen-bond donors (Lipinski definition) is 3. The van der Waals surface area contributed by atoms with Crippen LogP contribution in [0.2, 0.25) is 0 Å². The standard InChI is InChI=1S/C36H52N6O10/c1-33(2,3)27(40-32(47)52-34(4,5)6)30(45)50-26-23(18-49-25(43)17-21-13-11-10-12-14-21)51-36(19-37,28(26)44)24-16-15-22-29(38-20-39-42(22)24)41-31(46)35(7,8)48-9/h15-16,20-21,23,26-28,44H,10-14,17-18H2,1-9H3,(H,40,47)(H,38,39,41,46)/t23-,26-,27-,28-,36+/m1/s1. The Morgan fingerprint density at radius 2 is 1.77 bits per heavy atom. The highest BCUT2D eigenvalue weighted by Crippen LogP contribution is 2.42. The topological polar surface area (TPSA) is 213 Å². The van der Waals surface area contributed by atoms with Crippen molar-refractivity contribution in [2.75, 3.05) is 19.0 Å². The van der Waals surface area contributed by atoms with Crippen LogP contribution in [0.25, 0.3) is 5.52 Å². The molecule has 52 heavy (non-hydrogen) atoms. The Hall–Kier alpha value is -4.33. The first-order valence-corrected chi connectivity index (χ1v) is 17.5. The lowest BCUT2D eigenvalue weighted by atomic mass is 9.86. The summed E-state index contributed by atoms with van der Waals surface area (Å²) in [5.74, 6) is -1.64. The second-order valence-electron chi connectivity index (χ2n) is 16.0. The number of alkyl carbamates (subject to hydrolysis) is 1. The van der Waals surface area contributed by atoms with E-state index in [1.165, 1.54) is 23.8 Å². The number of nitrogens with zero attached hydrogens (tertiary/aromatic N) is 4. The summed E-state index contributed by atoms with van der Waals surface area (Å²) in [7, 11) is 1.39. The molecular weight excluding hydrogens is 676 g/mol. The Morgan fingerprint density at radius 3 is 2.37 bits per heavy atom. The van der Waals surface area contributed by atoms with Crippen LogP contribution in [0.1, 0.15) is 99.6 Å². The van der Waals surface area contributed by atoms with Crippen molar-refractivity contribution in [1.82, 2.24) is 19.9 Å². The molecule has 3 heterocycles. The van der Waals surface area contributed by atoms with Gasteiger partial charge < -0.3 is 39.4 Å². The van der Waals surface area contributed by atoms with Crippen LogP contribution in [0.3, 0.4) is 0 Å². The number of hydrogen-bond acceptors (Lipinski definition) is 13. The second kappa shape index (κ2) is 15.7. The van der Waals surface area contributed by atoms with Crippen LogP contribution in [0.15, 0.2) is 18.5 Å². The normalized spacial score (nSPS) is 23.4. The van der Waals surface area contributed by atoms with E-state index in [-0.39, 0.29) is 29.4 Å². The number of nitriles is 1. The third-order valence-corrected chi connectivity index (χ3v) is 9.32. The first-order chi connectivity index (χ1) is 24.2. The van der Waals surface area contributed by atoms with E-state index in [0.29, 0.717) is 0 Å². The minimum absolute atomic E-state index is 0.0257. The van der Waals surface area contributed by atoms with Gasteiger partial charge >= 0.3 is 18.0 Å². The molecule has 1 saturated carbocycles. The molecule has 1 saturated heterocycles. The van der Waals surface area contributed by atoms with Crippen molar-refractivity contribution in [2.45, 2.75) is 135 Å². The summed E-state index contributed by atoms with van der Waals surface area (Å²) in [5, 5.41) is 32.1. The number of aromatic nitrogens is 3. The number of methoxy groups -OCH3 is 1. The van der Waals surface area contributed by atoms with Crippen molar-refractivity contribution in [2.24, 2.45) is 11.3 Å². The second-order valence-corrected chi connectivity index (χ2v) is 16.0. The molecule has 2 aliphatic rings. The van der Waals surface area contributed by atoms with E-state index in [1.807, 2.05) is 6.07 Å². The molecule has 3 N–H and O–H groups in total. The molecule has 0 unspecified atom stereocenters. The van der Waals surface area contributed by atoms with Gasteiger partial charge in [-0.1, -0.05) is 40.0 Å². The third-order valence-electron chi connectivity index (χ3n) is 9.32. The quantitative estimate of drug-likeness (QED) is 0.221. The van der Waals surface area contributed by atoms with Crippen LogP contribution in [0.4, 0.5) is 10.6 Å². The van der Waals surface area contributed by atoms with Crippen LogP contribution < -0.4 is 10.6 Å². The molecule has 2 aromatic heterocycles. The molecule has 2 fully saturated rings. The monoisotopic (exact) mass is 728 g/mol. The van der Waals surface area contributed by atoms with Crippen LogP contribution in [-0.4, -0.2) is 92.9 Å². The maximum Gasteiger partial charge on any atom is 0.408 e. The van der Waals surface area contributed by atoms with Gasteiger partial charge in [-0.2, -0.15) is 10.4 Å². The number of nitrogens with one attached hydrogen (secondary N) is 2. The maximum absolute atomic E-state index is 13.9. The van der Waals surface area contributed by atoms with Crippen LogP contribution in [-0.2, 0) is 43.7 Å². The van der Waals surface area contributed by atoms with Gasteiger partial charge in [0.1, 0.15) is 54.0 Å². The number of rotatable bonds is 11. The van der Waals surface area contributed by atoms with E-state index in [0.717, 1.165) is 38.4 Å². The average Bonchev–Trinajstić information content (AvgIpc) is 3.61. The van der Waals surface area contributed by atoms with Crippen molar-refractivity contribution in [1.29, 1.82) is 5.26 Å². The summed E-state index contributed by atoms with van der Waals surface area (Å²) < 4.78 is 29.7. The molecule has 16 nitrogen and oxygen atoms in total. The van der Waals surface area contributed by atoms with Gasteiger partial charge in [0.15, 0.2) is 11.9 Å². The SMILES string of the molecule is COC(C)(C)C(=O)Nc1ncnn2c([C@]3(C#N)O[C@H](COC(=O)CC4CCCCC4)[C@@H](OC(=O)[C@@H](NC(=O)OC(C)(C)C)C(C)(C)C)[C@H]3O)ccc12. The summed E-state index contributed by atoms with van der Waals surface area (Å²) in [5.41, 5.74) is -4.87. The Balaban J connectivity index is 1.68. The molecule has 2 amide bonds. The van der Waals surface area contributed by atoms with Crippen molar-refractivity contribution in [3.63, 3.8) is 0 Å². The Labute approximate surface area is 303 Å². The highest BCUT2D eigenvalue weighted by atomic mass is 16.6. The number of aliphatic hydroxyl groups excluding tert-OH is 1. The van der Waals surface area contributed by atoms with Crippen LogP contribution >= 0.6 is 0 Å². The molecule has 0 radical (unpaired) electrons. The number of fused-ring (bicyclic) bond motifs is 1. The molecule has 1 aliphatic carbocycles. The van der Waals surface area contributed by atoms with Crippen molar-refractivity contribution >= 4 is 35.3 Å². The Morgan fingerprint density at radius 1 is 1.10 bits per heavy atom. The van der Waals surface area contributed by atoms with E-state index in [2.05, 4.69) is 20.7 Å². The number of carbonyl (C=O) groups is 4. The van der Waals surface area contributed by atoms with Crippen molar-refractivity contribution < 1.29 is 48.0 Å². The van der Waals surface area contributed by atoms with E-state index in [4.69, 9.17) is 23.7 Å². The molecule has 1 aliphatic heterocycles. The Bertz CT molecular complexity index is 1670. The zero-order chi connectivity index (χ0) is 38.6. The van der Waals surface area contributed by atoms with Crippen molar-refractivity contribution in [3.05, 3.63) is 24.2 Å². The summed E-state index contributed by atoms with van der Waals surface area (Å²) in [6.45, 7) is 12.9. The molecule has 4 rings (SSSR count). The number of esters is 2. The fraction of sp³-hybridized carbons (Fsp3) is 0.694. The lowest BCUT2D eigenvalue weighted by molar-refractivity contribution is -0.164. The molecule has 2 aromatic rings. The molecule has 0 bridgehead atoms. The number of carbonyl (C=O) groups excluding carboxylic acids is 4. The predicted octanol–water partition coefficient (Wildman–Crippen LogP) is 3.94. The number of aliphatic hydroxyl groups is 1. The molecular formula is C36H52N6O10. The summed E-state index contributed by atoms with van der Waals surface area (Å²) in [6, 6.07) is 3.77. The van der Waals surface area contributed by atoms with Gasteiger partial charge in [-0.15, -0.1) is 0 Å². The van der Waals surface area contributed by atoms with Crippen LogP contribution in [0, 0.1) is 22.7 Å². The third kappa shape index (κ3) is 9.17. The smallest absolute Gasteiger partial charge is 0.408 e. The summed E-state index contributed by atoms with van der Waals surface area (Å²) in [4.78, 5) is 56.7. The highest BCUT2D eigenvalue weighted by Gasteiger charge is 2.60. The van der Waals surface area contributed by atoms with Gasteiger partial charge in [0.25, 0.3) is 5.91 Å². The minimum Gasteiger partial charge on any atom is -0.463 e. The van der Waals surface area contributed by atoms with E-state index in [1.54, 1.807) is 55.4 Å². The van der Waals surface area contributed by atoms with Crippen LogP contribution in [0.5, 0.6) is 0 Å². The van der Waals surface area contributed by atoms with Crippen molar-refractivity contribution in [3.8, 4) is 6.07 Å². The van der Waals surface area contributed by atoms with Gasteiger partial charge in [-0.25, -0.2) is 19.1 Å². The van der Waals surface area contributed by atoms with Gasteiger partial charge in [0.05, 0.1) is 5.69 Å². The molecule has 0 spiro atoms. The van der Waals surface area contributed by atoms with Gasteiger partial charge in [0, 0.05) is 13.5 Å². The number of anilines is 1. The lowest BCUT2D eigenvalue weighted by Gasteiger charge is -2.32. The zero-order valence-corrected chi connectivity index (χ0v) is 31.5. The number of amides is 2. The number of ether oxygens (including phenoxy) is 5. The summed E-state index contributed by atoms with van der Waals surface area (Å²) >= 11 is 0. The highest BCUT2D eigenvalue weighted by molar-refractivity contribution is 5.98.